The Morgan fingerprint density at radius 2 is 1.62 bits per heavy atom. The Hall–Kier alpha value is -1.95. The highest BCUT2D eigenvalue weighted by Crippen LogP contribution is 2.18. The molecule has 24 heavy (non-hydrogen) atoms. The molecular weight excluding hydrogens is 304 g/mol. The Morgan fingerprint density at radius 1 is 1.00 bits per heavy atom. The maximum absolute atomic E-state index is 12.7. The Labute approximate surface area is 143 Å². The lowest BCUT2D eigenvalue weighted by molar-refractivity contribution is 0.0663. The first-order valence-electron chi connectivity index (χ1n) is 8.76. The number of likely N-dealkylation sites (tertiary alicyclic amines) is 1. The van der Waals surface area contributed by atoms with Crippen molar-refractivity contribution >= 4 is 11.8 Å². The van der Waals surface area contributed by atoms with Gasteiger partial charge in [0.15, 0.2) is 0 Å². The first-order valence-corrected chi connectivity index (χ1v) is 8.76. The van der Waals surface area contributed by atoms with Crippen molar-refractivity contribution in [2.75, 3.05) is 46.3 Å². The van der Waals surface area contributed by atoms with Crippen LogP contribution in [0.4, 0.5) is 0 Å². The Bertz CT molecular complexity index is 611. The molecule has 2 amide bonds. The van der Waals surface area contributed by atoms with Crippen LogP contribution in [-0.2, 0) is 0 Å². The lowest BCUT2D eigenvalue weighted by atomic mass is 9.99. The first-order chi connectivity index (χ1) is 11.5. The van der Waals surface area contributed by atoms with Crippen LogP contribution in [0, 0.1) is 5.92 Å². The molecule has 2 saturated heterocycles. The van der Waals surface area contributed by atoms with Crippen LogP contribution in [0.2, 0.25) is 0 Å². The number of hydrogen-bond acceptors (Lipinski definition) is 4. The molecule has 0 aromatic carbocycles. The van der Waals surface area contributed by atoms with E-state index in [0.29, 0.717) is 17.0 Å². The largest absolute Gasteiger partial charge is 0.338 e. The van der Waals surface area contributed by atoms with Crippen molar-refractivity contribution in [3.8, 4) is 0 Å². The number of piperidine rings is 1. The average molecular weight is 330 g/mol. The number of amides is 2. The maximum Gasteiger partial charge on any atom is 0.255 e. The Kier molecular flexibility index (Phi) is 5.14. The van der Waals surface area contributed by atoms with Crippen molar-refractivity contribution in [2.45, 2.75) is 19.8 Å². The third kappa shape index (κ3) is 3.75. The lowest BCUT2D eigenvalue weighted by Gasteiger charge is -2.32. The summed E-state index contributed by atoms with van der Waals surface area (Å²) in [6.07, 6.45) is 5.35. The van der Waals surface area contributed by atoms with Gasteiger partial charge in [-0.2, -0.15) is 0 Å². The summed E-state index contributed by atoms with van der Waals surface area (Å²) in [5.74, 6) is 0.491. The summed E-state index contributed by atoms with van der Waals surface area (Å²) in [6, 6.07) is 1.70. The second-order valence-corrected chi connectivity index (χ2v) is 7.06. The van der Waals surface area contributed by atoms with Gasteiger partial charge in [-0.05, 0) is 31.9 Å². The van der Waals surface area contributed by atoms with Gasteiger partial charge in [-0.15, -0.1) is 0 Å². The van der Waals surface area contributed by atoms with E-state index in [2.05, 4.69) is 23.9 Å². The third-order valence-corrected chi connectivity index (χ3v) is 4.97. The van der Waals surface area contributed by atoms with Gasteiger partial charge < -0.3 is 14.7 Å². The van der Waals surface area contributed by atoms with Crippen molar-refractivity contribution in [2.24, 2.45) is 5.92 Å². The van der Waals surface area contributed by atoms with Crippen molar-refractivity contribution < 1.29 is 9.59 Å². The summed E-state index contributed by atoms with van der Waals surface area (Å²) in [5.41, 5.74) is 1.03. The van der Waals surface area contributed by atoms with Gasteiger partial charge in [0, 0.05) is 51.7 Å². The number of nitrogens with zero attached hydrogens (tertiary/aromatic N) is 4. The van der Waals surface area contributed by atoms with Crippen LogP contribution >= 0.6 is 0 Å². The van der Waals surface area contributed by atoms with Crippen molar-refractivity contribution in [1.82, 2.24) is 19.7 Å². The van der Waals surface area contributed by atoms with Gasteiger partial charge >= 0.3 is 0 Å². The summed E-state index contributed by atoms with van der Waals surface area (Å²) in [7, 11) is 2.06. The molecule has 3 heterocycles. The molecule has 6 nitrogen and oxygen atoms in total. The Balaban J connectivity index is 1.71. The molecule has 1 atom stereocenters. The lowest BCUT2D eigenvalue weighted by Crippen LogP contribution is -2.47. The number of pyridine rings is 1. The first kappa shape index (κ1) is 16.9. The highest BCUT2D eigenvalue weighted by molar-refractivity contribution is 5.99. The van der Waals surface area contributed by atoms with Crippen LogP contribution in [-0.4, -0.2) is 77.8 Å². The number of hydrogen-bond donors (Lipinski definition) is 0. The SMILES string of the molecule is CC1CCCN(C(=O)c2cncc(C(=O)N3CCN(C)CC3)c2)C1. The van der Waals surface area contributed by atoms with E-state index < -0.39 is 0 Å². The van der Waals surface area contributed by atoms with E-state index in [0.717, 1.165) is 45.7 Å². The molecular formula is C18H26N4O2. The minimum absolute atomic E-state index is 0.0120. The molecule has 3 rings (SSSR count). The highest BCUT2D eigenvalue weighted by atomic mass is 16.2. The molecule has 1 unspecified atom stereocenters. The topological polar surface area (TPSA) is 56.8 Å². The Morgan fingerprint density at radius 3 is 2.25 bits per heavy atom. The molecule has 2 aliphatic rings. The summed E-state index contributed by atoms with van der Waals surface area (Å²) in [5, 5.41) is 0. The molecule has 6 heteroatoms. The van der Waals surface area contributed by atoms with E-state index in [9.17, 15) is 9.59 Å². The fourth-order valence-electron chi connectivity index (χ4n) is 3.42. The normalized spacial score (nSPS) is 22.5. The van der Waals surface area contributed by atoms with Gasteiger partial charge in [-0.1, -0.05) is 6.92 Å². The number of carbonyl (C=O) groups is 2. The highest BCUT2D eigenvalue weighted by Gasteiger charge is 2.24. The van der Waals surface area contributed by atoms with E-state index >= 15 is 0 Å². The zero-order chi connectivity index (χ0) is 17.1. The molecule has 2 aliphatic heterocycles. The van der Waals surface area contributed by atoms with Crippen molar-refractivity contribution in [3.05, 3.63) is 29.6 Å². The molecule has 0 spiro atoms. The van der Waals surface area contributed by atoms with Crippen LogP contribution in [0.15, 0.2) is 18.5 Å². The number of piperazine rings is 1. The van der Waals surface area contributed by atoms with E-state index in [1.54, 1.807) is 18.5 Å². The molecule has 0 bridgehead atoms. The molecule has 1 aromatic rings. The van der Waals surface area contributed by atoms with E-state index in [1.165, 1.54) is 6.42 Å². The van der Waals surface area contributed by atoms with Gasteiger partial charge in [0.2, 0.25) is 0 Å². The molecule has 2 fully saturated rings. The molecule has 1 aromatic heterocycles. The predicted molar refractivity (Wildman–Crippen MR) is 91.9 cm³/mol. The minimum Gasteiger partial charge on any atom is -0.338 e. The van der Waals surface area contributed by atoms with Crippen LogP contribution in [0.25, 0.3) is 0 Å². The van der Waals surface area contributed by atoms with Crippen LogP contribution in [0.3, 0.4) is 0 Å². The van der Waals surface area contributed by atoms with E-state index in [-0.39, 0.29) is 11.8 Å². The number of rotatable bonds is 2. The number of likely N-dealkylation sites (N-methyl/N-ethyl adjacent to an activating group) is 1. The zero-order valence-electron chi connectivity index (χ0n) is 14.6. The maximum atomic E-state index is 12.7. The zero-order valence-corrected chi connectivity index (χ0v) is 14.6. The summed E-state index contributed by atoms with van der Waals surface area (Å²) in [6.45, 7) is 6.95. The molecule has 130 valence electrons. The standard InChI is InChI=1S/C18H26N4O2/c1-14-4-3-5-22(13-14)18(24)16-10-15(11-19-12-16)17(23)21-8-6-20(2)7-9-21/h10-12,14H,3-9,13H2,1-2H3. The van der Waals surface area contributed by atoms with Crippen molar-refractivity contribution in [1.29, 1.82) is 0 Å². The molecule has 0 aliphatic carbocycles. The quantitative estimate of drug-likeness (QED) is 0.821. The van der Waals surface area contributed by atoms with Crippen LogP contribution in [0.5, 0.6) is 0 Å². The fraction of sp³-hybridized carbons (Fsp3) is 0.611. The minimum atomic E-state index is -0.0303. The average Bonchev–Trinajstić information content (AvgIpc) is 2.61. The van der Waals surface area contributed by atoms with Gasteiger partial charge in [0.1, 0.15) is 0 Å². The monoisotopic (exact) mass is 330 g/mol. The summed E-state index contributed by atoms with van der Waals surface area (Å²) >= 11 is 0. The van der Waals surface area contributed by atoms with E-state index in [4.69, 9.17) is 0 Å². The van der Waals surface area contributed by atoms with Gasteiger partial charge in [-0.3, -0.25) is 14.6 Å². The van der Waals surface area contributed by atoms with Gasteiger partial charge in [0.05, 0.1) is 11.1 Å². The van der Waals surface area contributed by atoms with E-state index in [1.807, 2.05) is 9.80 Å². The number of carbonyl (C=O) groups excluding carboxylic acids is 2. The second-order valence-electron chi connectivity index (χ2n) is 7.06. The molecule has 0 N–H and O–H groups in total. The smallest absolute Gasteiger partial charge is 0.255 e. The van der Waals surface area contributed by atoms with Gasteiger partial charge in [-0.25, -0.2) is 0 Å². The summed E-state index contributed by atoms with van der Waals surface area (Å²) < 4.78 is 0. The number of aromatic nitrogens is 1. The molecule has 0 radical (unpaired) electrons. The van der Waals surface area contributed by atoms with Crippen LogP contribution in [0.1, 0.15) is 40.5 Å². The second kappa shape index (κ2) is 7.30. The summed E-state index contributed by atoms with van der Waals surface area (Å²) in [4.78, 5) is 35.4. The third-order valence-electron chi connectivity index (χ3n) is 4.97. The molecule has 0 saturated carbocycles. The van der Waals surface area contributed by atoms with Crippen molar-refractivity contribution in [3.63, 3.8) is 0 Å². The fourth-order valence-corrected chi connectivity index (χ4v) is 3.42. The van der Waals surface area contributed by atoms with Crippen LogP contribution < -0.4 is 0 Å². The van der Waals surface area contributed by atoms with Gasteiger partial charge in [0.25, 0.3) is 11.8 Å². The predicted octanol–water partition coefficient (Wildman–Crippen LogP) is 1.34.